The summed E-state index contributed by atoms with van der Waals surface area (Å²) >= 11 is 0. The fourth-order valence-corrected chi connectivity index (χ4v) is 6.40. The number of aromatic amines is 1. The molecule has 10 heteroatoms. The molecule has 1 saturated heterocycles. The number of nitrogens with zero attached hydrogens (tertiary/aromatic N) is 2. The molecule has 0 aromatic carbocycles. The van der Waals surface area contributed by atoms with Crippen LogP contribution in [0.3, 0.4) is 0 Å². The maximum Gasteiger partial charge on any atom is 0.330 e. The van der Waals surface area contributed by atoms with Crippen molar-refractivity contribution < 1.29 is 18.7 Å². The van der Waals surface area contributed by atoms with Gasteiger partial charge < -0.3 is 18.7 Å². The Morgan fingerprint density at radius 3 is 2.05 bits per heavy atom. The number of nitrogens with one attached hydrogen (secondary N) is 1. The lowest BCUT2D eigenvalue weighted by Gasteiger charge is -2.40. The Morgan fingerprint density at radius 2 is 1.52 bits per heavy atom. The van der Waals surface area contributed by atoms with Gasteiger partial charge in [-0.2, -0.15) is 0 Å². The summed E-state index contributed by atoms with van der Waals surface area (Å²) in [6.07, 6.45) is 19.2. The van der Waals surface area contributed by atoms with Crippen molar-refractivity contribution in [3.05, 3.63) is 33.1 Å². The molecule has 0 aliphatic carbocycles. The van der Waals surface area contributed by atoms with Crippen LogP contribution < -0.4 is 11.2 Å². The number of H-pyrrole nitrogens is 1. The standard InChI is InChI=1S/C32H59N3O6Si/c1-8-9-10-11-12-13-14-15-16-17-18-19-20-21-23-33-39-25-26-28(41-42(6,7)32(2,3)4)29(38-5)30(40-26)35-24-22-27(36)34-31(35)37/h22-24,26,28-30H,8-21,25H2,1-7H3,(H,34,36,37)/t26-,28-,29-,30-/m1/s1. The second-order valence-corrected chi connectivity index (χ2v) is 18.0. The van der Waals surface area contributed by atoms with Crippen LogP contribution in [0.1, 0.15) is 124 Å². The maximum atomic E-state index is 12.6. The van der Waals surface area contributed by atoms with Crippen LogP contribution in [0.5, 0.6) is 0 Å². The zero-order valence-electron chi connectivity index (χ0n) is 27.5. The number of aromatic nitrogens is 2. The Hall–Kier alpha value is -1.75. The van der Waals surface area contributed by atoms with E-state index in [9.17, 15) is 9.59 Å². The molecular weight excluding hydrogens is 550 g/mol. The average molecular weight is 610 g/mol. The van der Waals surface area contributed by atoms with Crippen LogP contribution in [0, 0.1) is 0 Å². The minimum atomic E-state index is -2.21. The lowest BCUT2D eigenvalue weighted by atomic mass is 10.0. The van der Waals surface area contributed by atoms with E-state index in [0.29, 0.717) is 0 Å². The quantitative estimate of drug-likeness (QED) is 0.0678. The molecule has 0 bridgehead atoms. The highest BCUT2D eigenvalue weighted by Crippen LogP contribution is 2.41. The summed E-state index contributed by atoms with van der Waals surface area (Å²) < 4.78 is 20.2. The van der Waals surface area contributed by atoms with Crippen molar-refractivity contribution in [1.82, 2.24) is 9.55 Å². The van der Waals surface area contributed by atoms with Gasteiger partial charge in [-0.05, 0) is 31.0 Å². The highest BCUT2D eigenvalue weighted by Gasteiger charge is 2.51. The number of hydrogen-bond donors (Lipinski definition) is 1. The summed E-state index contributed by atoms with van der Waals surface area (Å²) in [6, 6.07) is 1.30. The van der Waals surface area contributed by atoms with Crippen molar-refractivity contribution >= 4 is 14.5 Å². The van der Waals surface area contributed by atoms with Gasteiger partial charge in [-0.25, -0.2) is 4.79 Å². The molecule has 242 valence electrons. The SMILES string of the molecule is CCCCCCCCCCCCCCCC=NOC[C@H]1O[C@@H](n2ccc(=O)[nH]c2=O)[C@H](OC)[C@@H]1O[Si](C)(C)C(C)(C)C. The van der Waals surface area contributed by atoms with Crippen LogP contribution in [-0.2, 0) is 18.7 Å². The molecule has 2 rings (SSSR count). The predicted octanol–water partition coefficient (Wildman–Crippen LogP) is 7.32. The summed E-state index contributed by atoms with van der Waals surface area (Å²) in [4.78, 5) is 32.1. The third-order valence-electron chi connectivity index (χ3n) is 8.74. The Morgan fingerprint density at radius 1 is 0.952 bits per heavy atom. The lowest BCUT2D eigenvalue weighted by Crippen LogP contribution is -2.50. The zero-order valence-corrected chi connectivity index (χ0v) is 28.5. The molecule has 4 atom stereocenters. The minimum absolute atomic E-state index is 0.0321. The van der Waals surface area contributed by atoms with E-state index in [1.165, 1.54) is 93.9 Å². The second-order valence-electron chi connectivity index (χ2n) is 13.2. The first-order valence-corrected chi connectivity index (χ1v) is 19.2. The molecule has 2 heterocycles. The first kappa shape index (κ1) is 36.4. The second kappa shape index (κ2) is 18.8. The fourth-order valence-electron chi connectivity index (χ4n) is 5.08. The molecule has 0 saturated carbocycles. The smallest absolute Gasteiger partial charge is 0.330 e. The number of hydrogen-bond acceptors (Lipinski definition) is 7. The minimum Gasteiger partial charge on any atom is -0.408 e. The third kappa shape index (κ3) is 12.1. The van der Waals surface area contributed by atoms with Crippen LogP contribution in [0.2, 0.25) is 18.1 Å². The molecular formula is C32H59N3O6Si. The van der Waals surface area contributed by atoms with Gasteiger partial charge in [0.25, 0.3) is 5.56 Å². The fraction of sp³-hybridized carbons (Fsp3) is 0.844. The Labute approximate surface area is 254 Å². The van der Waals surface area contributed by atoms with Gasteiger partial charge in [0, 0.05) is 25.6 Å². The monoisotopic (exact) mass is 609 g/mol. The van der Waals surface area contributed by atoms with Crippen LogP contribution >= 0.6 is 0 Å². The predicted molar refractivity (Wildman–Crippen MR) is 173 cm³/mol. The summed E-state index contributed by atoms with van der Waals surface area (Å²) in [6.45, 7) is 13.3. The van der Waals surface area contributed by atoms with E-state index in [2.05, 4.69) is 50.9 Å². The highest BCUT2D eigenvalue weighted by atomic mass is 28.4. The van der Waals surface area contributed by atoms with Crippen molar-refractivity contribution in [2.75, 3.05) is 13.7 Å². The van der Waals surface area contributed by atoms with Crippen LogP contribution in [0.25, 0.3) is 0 Å². The summed E-state index contributed by atoms with van der Waals surface area (Å²) in [5.41, 5.74) is -1.02. The number of ether oxygens (including phenoxy) is 2. The van der Waals surface area contributed by atoms with Gasteiger partial charge in [0.15, 0.2) is 14.5 Å². The molecule has 1 fully saturated rings. The summed E-state index contributed by atoms with van der Waals surface area (Å²) in [5, 5.41) is 4.15. The van der Waals surface area contributed by atoms with Crippen molar-refractivity contribution in [2.45, 2.75) is 160 Å². The van der Waals surface area contributed by atoms with Crippen LogP contribution in [0.15, 0.2) is 27.0 Å². The highest BCUT2D eigenvalue weighted by molar-refractivity contribution is 6.74. The van der Waals surface area contributed by atoms with E-state index in [-0.39, 0.29) is 11.6 Å². The van der Waals surface area contributed by atoms with Crippen molar-refractivity contribution in [3.63, 3.8) is 0 Å². The van der Waals surface area contributed by atoms with Crippen LogP contribution in [0.4, 0.5) is 0 Å². The number of oxime groups is 1. The van der Waals surface area contributed by atoms with E-state index >= 15 is 0 Å². The number of rotatable bonds is 21. The van der Waals surface area contributed by atoms with Gasteiger partial charge in [0.05, 0.1) is 0 Å². The van der Waals surface area contributed by atoms with Gasteiger partial charge in [-0.3, -0.25) is 14.3 Å². The molecule has 1 aromatic rings. The number of unbranched alkanes of at least 4 members (excludes halogenated alkanes) is 13. The molecule has 0 radical (unpaired) electrons. The van der Waals surface area contributed by atoms with E-state index < -0.39 is 44.1 Å². The normalized spacial score (nSPS) is 21.4. The molecule has 42 heavy (non-hydrogen) atoms. The van der Waals surface area contributed by atoms with Crippen molar-refractivity contribution in [1.29, 1.82) is 0 Å². The molecule has 1 aromatic heterocycles. The average Bonchev–Trinajstić information content (AvgIpc) is 3.25. The molecule has 1 aliphatic rings. The van der Waals surface area contributed by atoms with Gasteiger partial charge in [0.2, 0.25) is 0 Å². The Bertz CT molecular complexity index is 1020. The van der Waals surface area contributed by atoms with E-state index in [1.807, 2.05) is 6.21 Å². The van der Waals surface area contributed by atoms with Crippen LogP contribution in [-0.4, -0.2) is 56.1 Å². The van der Waals surface area contributed by atoms with Gasteiger partial charge in [0.1, 0.15) is 24.9 Å². The molecule has 9 nitrogen and oxygen atoms in total. The first-order chi connectivity index (χ1) is 20.0. The summed E-state index contributed by atoms with van der Waals surface area (Å²) in [7, 11) is -0.635. The molecule has 1 N–H and O–H groups in total. The first-order valence-electron chi connectivity index (χ1n) is 16.3. The zero-order chi connectivity index (χ0) is 31.0. The largest absolute Gasteiger partial charge is 0.408 e. The molecule has 0 unspecified atom stereocenters. The Balaban J connectivity index is 1.79. The third-order valence-corrected chi connectivity index (χ3v) is 13.2. The van der Waals surface area contributed by atoms with Gasteiger partial charge >= 0.3 is 5.69 Å². The molecule has 0 spiro atoms. The van der Waals surface area contributed by atoms with Gasteiger partial charge in [-0.15, -0.1) is 0 Å². The molecule has 1 aliphatic heterocycles. The maximum absolute atomic E-state index is 12.6. The lowest BCUT2D eigenvalue weighted by molar-refractivity contribution is -0.0715. The van der Waals surface area contributed by atoms with E-state index in [0.717, 1.165) is 12.8 Å². The topological polar surface area (TPSA) is 104 Å². The van der Waals surface area contributed by atoms with Gasteiger partial charge in [-0.1, -0.05) is 110 Å². The number of methoxy groups -OCH3 is 1. The summed E-state index contributed by atoms with van der Waals surface area (Å²) in [5.74, 6) is 0. The van der Waals surface area contributed by atoms with E-state index in [4.69, 9.17) is 18.7 Å². The Kier molecular flexibility index (Phi) is 16.3. The molecule has 0 amide bonds. The van der Waals surface area contributed by atoms with Crippen molar-refractivity contribution in [2.24, 2.45) is 5.16 Å². The van der Waals surface area contributed by atoms with Crippen molar-refractivity contribution in [3.8, 4) is 0 Å². The van der Waals surface area contributed by atoms with E-state index in [1.54, 1.807) is 7.11 Å².